The SMILES string of the molecule is COc1cccc([C@@H]2CCCN2C(=O)C2CCN(S(=O)(=O)c3cccc4cc(C)cnc34)CC2)c1. The van der Waals surface area contributed by atoms with Crippen molar-refractivity contribution < 1.29 is 17.9 Å². The fraction of sp³-hybridized carbons (Fsp3) is 0.407. The molecule has 2 saturated heterocycles. The topological polar surface area (TPSA) is 79.8 Å². The van der Waals surface area contributed by atoms with Crippen molar-refractivity contribution in [3.63, 3.8) is 0 Å². The van der Waals surface area contributed by atoms with Crippen molar-refractivity contribution in [2.75, 3.05) is 26.7 Å². The van der Waals surface area contributed by atoms with Crippen LogP contribution in [0.2, 0.25) is 0 Å². The van der Waals surface area contributed by atoms with Gasteiger partial charge in [0.2, 0.25) is 15.9 Å². The molecule has 0 aliphatic carbocycles. The second-order valence-electron chi connectivity index (χ2n) is 9.49. The molecule has 0 unspecified atom stereocenters. The standard InChI is InChI=1S/C27H31N3O4S/c1-19-16-22-7-4-10-25(26(22)28-18-19)35(32,33)29-14-11-20(12-15-29)27(31)30-13-5-9-24(30)21-6-3-8-23(17-21)34-2/h3-4,6-8,10,16-18,20,24H,5,9,11-15H2,1-2H3/t24-/m0/s1. The molecule has 2 aliphatic heterocycles. The predicted octanol–water partition coefficient (Wildman–Crippen LogP) is 4.32. The number of amides is 1. The zero-order chi connectivity index (χ0) is 24.6. The predicted molar refractivity (Wildman–Crippen MR) is 135 cm³/mol. The molecule has 2 fully saturated rings. The normalized spacial score (nSPS) is 19.8. The van der Waals surface area contributed by atoms with E-state index in [-0.39, 0.29) is 22.8 Å². The second kappa shape index (κ2) is 9.59. The van der Waals surface area contributed by atoms with Gasteiger partial charge in [-0.25, -0.2) is 8.42 Å². The van der Waals surface area contributed by atoms with Crippen LogP contribution in [-0.4, -0.2) is 55.3 Å². The Labute approximate surface area is 206 Å². The molecular weight excluding hydrogens is 462 g/mol. The van der Waals surface area contributed by atoms with E-state index >= 15 is 0 Å². The van der Waals surface area contributed by atoms with Gasteiger partial charge >= 0.3 is 0 Å². The third kappa shape index (κ3) is 4.52. The number of pyridine rings is 1. The number of ether oxygens (including phenoxy) is 1. The van der Waals surface area contributed by atoms with Gasteiger partial charge in [-0.2, -0.15) is 4.31 Å². The second-order valence-corrected chi connectivity index (χ2v) is 11.4. The lowest BCUT2D eigenvalue weighted by atomic mass is 9.95. The lowest BCUT2D eigenvalue weighted by molar-refractivity contribution is -0.137. The van der Waals surface area contributed by atoms with Gasteiger partial charge in [0.1, 0.15) is 10.6 Å². The number of fused-ring (bicyclic) bond motifs is 1. The summed E-state index contributed by atoms with van der Waals surface area (Å²) < 4.78 is 33.9. The number of benzene rings is 2. The molecule has 8 heteroatoms. The summed E-state index contributed by atoms with van der Waals surface area (Å²) in [5, 5.41) is 0.814. The largest absolute Gasteiger partial charge is 0.497 e. The van der Waals surface area contributed by atoms with Crippen LogP contribution in [0.5, 0.6) is 5.75 Å². The summed E-state index contributed by atoms with van der Waals surface area (Å²) in [6.45, 7) is 3.34. The molecule has 184 valence electrons. The summed E-state index contributed by atoms with van der Waals surface area (Å²) in [6, 6.07) is 15.2. The number of nitrogens with zero attached hydrogens (tertiary/aromatic N) is 3. The number of para-hydroxylation sites is 1. The molecule has 35 heavy (non-hydrogen) atoms. The van der Waals surface area contributed by atoms with Gasteiger partial charge in [-0.15, -0.1) is 0 Å². The van der Waals surface area contributed by atoms with E-state index in [1.165, 1.54) is 4.31 Å². The quantitative estimate of drug-likeness (QED) is 0.529. The van der Waals surface area contributed by atoms with Gasteiger partial charge in [-0.3, -0.25) is 9.78 Å². The maximum Gasteiger partial charge on any atom is 0.245 e. The Morgan fingerprint density at radius 3 is 2.57 bits per heavy atom. The molecule has 1 atom stereocenters. The minimum Gasteiger partial charge on any atom is -0.497 e. The van der Waals surface area contributed by atoms with Gasteiger partial charge in [0.25, 0.3) is 0 Å². The van der Waals surface area contributed by atoms with E-state index in [2.05, 4.69) is 4.98 Å². The average molecular weight is 494 g/mol. The van der Waals surface area contributed by atoms with Crippen molar-refractivity contribution in [2.45, 2.75) is 43.5 Å². The Bertz CT molecular complexity index is 1350. The molecule has 2 aliphatic rings. The van der Waals surface area contributed by atoms with E-state index in [1.807, 2.05) is 48.2 Å². The van der Waals surface area contributed by atoms with Crippen molar-refractivity contribution in [1.82, 2.24) is 14.2 Å². The number of rotatable bonds is 5. The fourth-order valence-corrected chi connectivity index (χ4v) is 7.03. The molecular formula is C27H31N3O4S. The summed E-state index contributed by atoms with van der Waals surface area (Å²) in [5.41, 5.74) is 2.57. The van der Waals surface area contributed by atoms with Crippen molar-refractivity contribution in [3.8, 4) is 5.75 Å². The highest BCUT2D eigenvalue weighted by molar-refractivity contribution is 7.89. The Balaban J connectivity index is 1.30. The minimum absolute atomic E-state index is 0.0459. The van der Waals surface area contributed by atoms with Crippen LogP contribution in [0.25, 0.3) is 10.9 Å². The van der Waals surface area contributed by atoms with E-state index in [9.17, 15) is 13.2 Å². The Kier molecular flexibility index (Phi) is 6.51. The van der Waals surface area contributed by atoms with Gasteiger partial charge < -0.3 is 9.64 Å². The Morgan fingerprint density at radius 1 is 1.03 bits per heavy atom. The molecule has 2 aromatic carbocycles. The lowest BCUT2D eigenvalue weighted by Gasteiger charge is -2.34. The van der Waals surface area contributed by atoms with Gasteiger partial charge in [-0.1, -0.05) is 24.3 Å². The smallest absolute Gasteiger partial charge is 0.245 e. The van der Waals surface area contributed by atoms with Crippen LogP contribution < -0.4 is 4.74 Å². The first-order valence-electron chi connectivity index (χ1n) is 12.2. The van der Waals surface area contributed by atoms with Crippen LogP contribution in [-0.2, 0) is 14.8 Å². The number of carbonyl (C=O) groups excluding carboxylic acids is 1. The molecule has 1 aromatic heterocycles. The van der Waals surface area contributed by atoms with Crippen molar-refractivity contribution in [2.24, 2.45) is 5.92 Å². The third-order valence-corrected chi connectivity index (χ3v) is 9.18. The van der Waals surface area contributed by atoms with Crippen LogP contribution in [0, 0.1) is 12.8 Å². The number of hydrogen-bond donors (Lipinski definition) is 0. The molecule has 0 radical (unpaired) electrons. The maximum absolute atomic E-state index is 13.5. The van der Waals surface area contributed by atoms with Crippen LogP contribution in [0.3, 0.4) is 0 Å². The van der Waals surface area contributed by atoms with Gasteiger partial charge in [0.15, 0.2) is 0 Å². The lowest BCUT2D eigenvalue weighted by Crippen LogP contribution is -2.44. The number of sulfonamides is 1. The summed E-state index contributed by atoms with van der Waals surface area (Å²) in [4.78, 5) is 20.1. The van der Waals surface area contributed by atoms with Crippen LogP contribution in [0.1, 0.15) is 42.9 Å². The number of likely N-dealkylation sites (tertiary alicyclic amines) is 1. The fourth-order valence-electron chi connectivity index (χ4n) is 5.39. The van der Waals surface area contributed by atoms with Crippen LogP contribution >= 0.6 is 0 Å². The number of carbonyl (C=O) groups is 1. The summed E-state index contributed by atoms with van der Waals surface area (Å²) in [7, 11) is -2.05. The first kappa shape index (κ1) is 23.8. The molecule has 3 heterocycles. The zero-order valence-electron chi connectivity index (χ0n) is 20.2. The van der Waals surface area contributed by atoms with E-state index in [1.54, 1.807) is 25.4 Å². The van der Waals surface area contributed by atoms with E-state index in [0.717, 1.165) is 41.6 Å². The number of piperidine rings is 1. The average Bonchev–Trinajstić information content (AvgIpc) is 3.38. The van der Waals surface area contributed by atoms with Crippen LogP contribution in [0.4, 0.5) is 0 Å². The highest BCUT2D eigenvalue weighted by Gasteiger charge is 2.38. The number of methoxy groups -OCH3 is 1. The highest BCUT2D eigenvalue weighted by atomic mass is 32.2. The molecule has 0 spiro atoms. The molecule has 5 rings (SSSR count). The van der Waals surface area contributed by atoms with Crippen molar-refractivity contribution in [1.29, 1.82) is 0 Å². The van der Waals surface area contributed by atoms with Gasteiger partial charge in [0.05, 0.1) is 18.7 Å². The third-order valence-electron chi connectivity index (χ3n) is 7.25. The molecule has 1 amide bonds. The summed E-state index contributed by atoms with van der Waals surface area (Å²) >= 11 is 0. The van der Waals surface area contributed by atoms with Crippen molar-refractivity contribution >= 4 is 26.8 Å². The minimum atomic E-state index is -3.70. The Hall–Kier alpha value is -2.97. The Morgan fingerprint density at radius 2 is 1.80 bits per heavy atom. The molecule has 0 N–H and O–H groups in total. The van der Waals surface area contributed by atoms with E-state index in [0.29, 0.717) is 31.4 Å². The molecule has 0 saturated carbocycles. The molecule has 3 aromatic rings. The summed E-state index contributed by atoms with van der Waals surface area (Å²) in [6.07, 6.45) is 4.64. The number of aryl methyl sites for hydroxylation is 1. The highest BCUT2D eigenvalue weighted by Crippen LogP contribution is 2.36. The van der Waals surface area contributed by atoms with Gasteiger partial charge in [-0.05, 0) is 68.0 Å². The van der Waals surface area contributed by atoms with E-state index in [4.69, 9.17) is 4.74 Å². The number of hydrogen-bond acceptors (Lipinski definition) is 5. The zero-order valence-corrected chi connectivity index (χ0v) is 21.0. The maximum atomic E-state index is 13.5. The monoisotopic (exact) mass is 493 g/mol. The first-order chi connectivity index (χ1) is 16.9. The summed E-state index contributed by atoms with van der Waals surface area (Å²) in [5.74, 6) is 0.758. The van der Waals surface area contributed by atoms with Crippen LogP contribution in [0.15, 0.2) is 59.6 Å². The van der Waals surface area contributed by atoms with E-state index < -0.39 is 10.0 Å². The molecule has 7 nitrogen and oxygen atoms in total. The van der Waals surface area contributed by atoms with Gasteiger partial charge in [0, 0.05) is 37.1 Å². The number of aromatic nitrogens is 1. The first-order valence-corrected chi connectivity index (χ1v) is 13.6. The molecule has 0 bridgehead atoms. The van der Waals surface area contributed by atoms with Crippen molar-refractivity contribution in [3.05, 3.63) is 65.9 Å².